The molecule has 3 aromatic rings. The molecule has 0 aliphatic heterocycles. The summed E-state index contributed by atoms with van der Waals surface area (Å²) < 4.78 is 6.83. The zero-order valence-corrected chi connectivity index (χ0v) is 15.8. The normalized spacial score (nSPS) is 13.8. The van der Waals surface area contributed by atoms with Crippen LogP contribution in [0.3, 0.4) is 0 Å². The van der Waals surface area contributed by atoms with Crippen LogP contribution in [0.1, 0.15) is 26.7 Å². The van der Waals surface area contributed by atoms with Gasteiger partial charge in [-0.2, -0.15) is 0 Å². The van der Waals surface area contributed by atoms with Gasteiger partial charge in [0.15, 0.2) is 0 Å². The molecular formula is C19H20ClN5O2. The summed E-state index contributed by atoms with van der Waals surface area (Å²) in [5.74, 6) is 0.518. The molecule has 2 aromatic heterocycles. The molecule has 0 unspecified atom stereocenters. The molecule has 1 aliphatic rings. The quantitative estimate of drug-likeness (QED) is 0.671. The summed E-state index contributed by atoms with van der Waals surface area (Å²) in [4.78, 5) is 20.6. The summed E-state index contributed by atoms with van der Waals surface area (Å²) in [6.07, 6.45) is 6.80. The van der Waals surface area contributed by atoms with E-state index in [2.05, 4.69) is 20.6 Å². The molecule has 1 amide bonds. The molecule has 0 spiro atoms. The molecule has 2 N–H and O–H groups in total. The van der Waals surface area contributed by atoms with Crippen LogP contribution in [0.2, 0.25) is 5.02 Å². The number of hydrogen-bond donors (Lipinski definition) is 2. The van der Waals surface area contributed by atoms with Gasteiger partial charge < -0.3 is 10.1 Å². The van der Waals surface area contributed by atoms with E-state index in [4.69, 9.17) is 16.3 Å². The minimum atomic E-state index is -0.520. The van der Waals surface area contributed by atoms with Crippen LogP contribution >= 0.6 is 11.6 Å². The molecule has 7 nitrogen and oxygen atoms in total. The number of halogens is 1. The summed E-state index contributed by atoms with van der Waals surface area (Å²) in [7, 11) is 0. The number of fused-ring (bicyclic) bond motifs is 1. The van der Waals surface area contributed by atoms with Crippen LogP contribution in [-0.4, -0.2) is 32.6 Å². The number of hydrogen-bond acceptors (Lipinski definition) is 5. The van der Waals surface area contributed by atoms with Crippen LogP contribution in [0.15, 0.2) is 36.8 Å². The number of carbonyl (C=O) groups excluding carboxylic acids is 1. The number of carbonyl (C=O) groups is 1. The zero-order chi connectivity index (χ0) is 19.0. The van der Waals surface area contributed by atoms with Crippen LogP contribution in [0.5, 0.6) is 0 Å². The summed E-state index contributed by atoms with van der Waals surface area (Å²) in [5, 5.41) is 6.74. The number of rotatable bonds is 5. The van der Waals surface area contributed by atoms with Crippen molar-refractivity contribution in [3.8, 4) is 11.3 Å². The topological polar surface area (TPSA) is 80.5 Å². The summed E-state index contributed by atoms with van der Waals surface area (Å²) >= 11 is 6.39. The summed E-state index contributed by atoms with van der Waals surface area (Å²) in [5.41, 5.74) is 3.10. The number of nitrogens with one attached hydrogen (secondary N) is 2. The molecule has 27 heavy (non-hydrogen) atoms. The lowest BCUT2D eigenvalue weighted by Gasteiger charge is -2.09. The van der Waals surface area contributed by atoms with E-state index in [0.29, 0.717) is 28.2 Å². The van der Waals surface area contributed by atoms with Crippen molar-refractivity contribution < 1.29 is 9.53 Å². The van der Waals surface area contributed by atoms with Crippen molar-refractivity contribution >= 4 is 34.8 Å². The van der Waals surface area contributed by atoms with Crippen molar-refractivity contribution in [2.24, 2.45) is 0 Å². The van der Waals surface area contributed by atoms with Crippen molar-refractivity contribution in [1.29, 1.82) is 0 Å². The van der Waals surface area contributed by atoms with Crippen molar-refractivity contribution in [2.45, 2.75) is 38.8 Å². The van der Waals surface area contributed by atoms with Crippen LogP contribution in [0.4, 0.5) is 16.2 Å². The predicted octanol–water partition coefficient (Wildman–Crippen LogP) is 4.58. The first-order chi connectivity index (χ1) is 13.0. The average Bonchev–Trinajstić information content (AvgIpc) is 3.31. The second-order valence-electron chi connectivity index (χ2n) is 6.87. The van der Waals surface area contributed by atoms with Gasteiger partial charge in [0.05, 0.1) is 28.7 Å². The van der Waals surface area contributed by atoms with Gasteiger partial charge in [-0.05, 0) is 44.9 Å². The number of ether oxygens (including phenoxy) is 1. The fraction of sp³-hybridized carbons (Fsp3) is 0.316. The van der Waals surface area contributed by atoms with E-state index in [1.54, 1.807) is 30.6 Å². The molecule has 1 fully saturated rings. The maximum Gasteiger partial charge on any atom is 0.411 e. The Morgan fingerprint density at radius 3 is 2.85 bits per heavy atom. The Balaban J connectivity index is 1.60. The SMILES string of the molecule is CC(C)OC(=O)Nc1cnc2nc(-c3cc(NC4CC4)ccc3Cl)cn2c1. The van der Waals surface area contributed by atoms with Crippen molar-refractivity contribution in [1.82, 2.24) is 14.4 Å². The molecule has 4 rings (SSSR count). The van der Waals surface area contributed by atoms with Crippen LogP contribution < -0.4 is 10.6 Å². The van der Waals surface area contributed by atoms with Crippen LogP contribution in [0.25, 0.3) is 17.0 Å². The van der Waals surface area contributed by atoms with E-state index in [9.17, 15) is 4.79 Å². The van der Waals surface area contributed by atoms with E-state index < -0.39 is 6.09 Å². The van der Waals surface area contributed by atoms with E-state index in [0.717, 1.165) is 11.3 Å². The molecule has 1 aliphatic carbocycles. The van der Waals surface area contributed by atoms with Gasteiger partial charge in [0.25, 0.3) is 0 Å². The molecule has 0 atom stereocenters. The Morgan fingerprint density at radius 1 is 1.30 bits per heavy atom. The standard InChI is InChI=1S/C19H20ClN5O2/c1-11(2)27-19(26)23-14-8-21-18-24-17(10-25(18)9-14)15-7-13(5-6-16(15)20)22-12-3-4-12/h5-12,22H,3-4H2,1-2H3,(H,23,26). The largest absolute Gasteiger partial charge is 0.447 e. The third-order valence-electron chi connectivity index (χ3n) is 4.09. The monoisotopic (exact) mass is 385 g/mol. The highest BCUT2D eigenvalue weighted by atomic mass is 35.5. The van der Waals surface area contributed by atoms with Crippen LogP contribution in [0, 0.1) is 0 Å². The number of amides is 1. The van der Waals surface area contributed by atoms with Gasteiger partial charge >= 0.3 is 6.09 Å². The Morgan fingerprint density at radius 2 is 2.11 bits per heavy atom. The van der Waals surface area contributed by atoms with Crippen molar-refractivity contribution in [3.05, 3.63) is 41.8 Å². The van der Waals surface area contributed by atoms with Gasteiger partial charge in [-0.1, -0.05) is 11.6 Å². The van der Waals surface area contributed by atoms with E-state index in [1.165, 1.54) is 12.8 Å². The number of imidazole rings is 1. The summed E-state index contributed by atoms with van der Waals surface area (Å²) in [6, 6.07) is 6.40. The molecule has 2 heterocycles. The molecule has 1 aromatic carbocycles. The molecular weight excluding hydrogens is 366 g/mol. The predicted molar refractivity (Wildman–Crippen MR) is 105 cm³/mol. The minimum Gasteiger partial charge on any atom is -0.447 e. The molecule has 140 valence electrons. The van der Waals surface area contributed by atoms with Gasteiger partial charge in [0.2, 0.25) is 5.78 Å². The molecule has 0 saturated heterocycles. The first kappa shape index (κ1) is 17.6. The van der Waals surface area contributed by atoms with Gasteiger partial charge in [0.1, 0.15) is 0 Å². The van der Waals surface area contributed by atoms with Gasteiger partial charge in [-0.15, -0.1) is 0 Å². The lowest BCUT2D eigenvalue weighted by atomic mass is 10.1. The Labute approximate surface area is 161 Å². The maximum atomic E-state index is 11.8. The smallest absolute Gasteiger partial charge is 0.411 e. The number of benzene rings is 1. The molecule has 1 saturated carbocycles. The highest BCUT2D eigenvalue weighted by Crippen LogP contribution is 2.32. The second kappa shape index (κ2) is 7.08. The van der Waals surface area contributed by atoms with Crippen molar-refractivity contribution in [3.63, 3.8) is 0 Å². The summed E-state index contributed by atoms with van der Waals surface area (Å²) in [6.45, 7) is 3.58. The lowest BCUT2D eigenvalue weighted by Crippen LogP contribution is -2.18. The van der Waals surface area contributed by atoms with Gasteiger partial charge in [0, 0.05) is 29.7 Å². The van der Waals surface area contributed by atoms with E-state index in [-0.39, 0.29) is 6.10 Å². The number of aromatic nitrogens is 3. The lowest BCUT2D eigenvalue weighted by molar-refractivity contribution is 0.130. The Kier molecular flexibility index (Phi) is 4.61. The van der Waals surface area contributed by atoms with Crippen LogP contribution in [-0.2, 0) is 4.74 Å². The molecule has 0 radical (unpaired) electrons. The first-order valence-corrected chi connectivity index (χ1v) is 9.24. The van der Waals surface area contributed by atoms with E-state index >= 15 is 0 Å². The highest BCUT2D eigenvalue weighted by Gasteiger charge is 2.21. The average molecular weight is 386 g/mol. The van der Waals surface area contributed by atoms with Gasteiger partial charge in [-0.25, -0.2) is 14.8 Å². The second-order valence-corrected chi connectivity index (χ2v) is 7.28. The fourth-order valence-electron chi connectivity index (χ4n) is 2.72. The van der Waals surface area contributed by atoms with E-state index in [1.807, 2.05) is 24.4 Å². The van der Waals surface area contributed by atoms with Gasteiger partial charge in [-0.3, -0.25) is 9.72 Å². The molecule has 8 heteroatoms. The Bertz CT molecular complexity index is 997. The number of nitrogens with zero attached hydrogens (tertiary/aromatic N) is 3. The zero-order valence-electron chi connectivity index (χ0n) is 15.1. The molecule has 0 bridgehead atoms. The third-order valence-corrected chi connectivity index (χ3v) is 4.42. The Hall–Kier alpha value is -2.80. The maximum absolute atomic E-state index is 11.8. The third kappa shape index (κ3) is 4.14. The number of anilines is 2. The highest BCUT2D eigenvalue weighted by molar-refractivity contribution is 6.33. The minimum absolute atomic E-state index is 0.194. The fourth-order valence-corrected chi connectivity index (χ4v) is 2.93. The van der Waals surface area contributed by atoms with Crippen molar-refractivity contribution in [2.75, 3.05) is 10.6 Å². The first-order valence-electron chi connectivity index (χ1n) is 8.87.